The van der Waals surface area contributed by atoms with Crippen molar-refractivity contribution in [3.8, 4) is 0 Å². The Morgan fingerprint density at radius 2 is 1.71 bits per heavy atom. The number of guanidine groups is 1. The second-order valence-electron chi connectivity index (χ2n) is 6.07. The molecule has 0 aliphatic carbocycles. The number of ether oxygens (including phenoxy) is 2. The van der Waals surface area contributed by atoms with Gasteiger partial charge < -0.3 is 20.1 Å². The van der Waals surface area contributed by atoms with Crippen molar-refractivity contribution < 1.29 is 9.47 Å². The van der Waals surface area contributed by atoms with Gasteiger partial charge in [0.25, 0.3) is 0 Å². The van der Waals surface area contributed by atoms with Crippen molar-refractivity contribution in [3.63, 3.8) is 0 Å². The zero-order valence-corrected chi connectivity index (χ0v) is 18.8. The molecule has 0 fully saturated rings. The third-order valence-electron chi connectivity index (χ3n) is 3.48. The van der Waals surface area contributed by atoms with E-state index in [9.17, 15) is 0 Å². The molecule has 0 rings (SSSR count). The molecule has 146 valence electrons. The molecule has 0 aliphatic rings. The molecule has 0 spiro atoms. The standard InChI is InChI=1S/C17H38N4O2.HI/c1-7-18-17(19-9-8-12-23-14-13-22-6)20-10-11-21(15(2)3)16(4)5;/h15-16H,7-14H2,1-6H3,(H2,18,19,20);1H. The number of aliphatic imine (C=N–C) groups is 1. The minimum atomic E-state index is 0. The fourth-order valence-corrected chi connectivity index (χ4v) is 2.36. The highest BCUT2D eigenvalue weighted by Crippen LogP contribution is 2.03. The van der Waals surface area contributed by atoms with Crippen LogP contribution in [0.25, 0.3) is 0 Å². The zero-order valence-electron chi connectivity index (χ0n) is 16.4. The van der Waals surface area contributed by atoms with Gasteiger partial charge in [-0.15, -0.1) is 24.0 Å². The maximum atomic E-state index is 5.44. The molecule has 0 amide bonds. The van der Waals surface area contributed by atoms with Gasteiger partial charge in [-0.05, 0) is 41.0 Å². The number of methoxy groups -OCH3 is 1. The summed E-state index contributed by atoms with van der Waals surface area (Å²) in [5.74, 6) is 0.886. The molecule has 0 unspecified atom stereocenters. The van der Waals surface area contributed by atoms with Gasteiger partial charge in [0.2, 0.25) is 0 Å². The Bertz CT molecular complexity index is 294. The Morgan fingerprint density at radius 3 is 2.25 bits per heavy atom. The fourth-order valence-electron chi connectivity index (χ4n) is 2.36. The number of halogens is 1. The molecule has 0 aromatic carbocycles. The van der Waals surface area contributed by atoms with Crippen LogP contribution in [-0.2, 0) is 9.47 Å². The van der Waals surface area contributed by atoms with Gasteiger partial charge in [-0.25, -0.2) is 0 Å². The predicted octanol–water partition coefficient (Wildman–Crippen LogP) is 2.33. The van der Waals surface area contributed by atoms with Gasteiger partial charge >= 0.3 is 0 Å². The van der Waals surface area contributed by atoms with Crippen molar-refractivity contribution in [1.29, 1.82) is 0 Å². The Labute approximate surface area is 166 Å². The smallest absolute Gasteiger partial charge is 0.191 e. The molecule has 24 heavy (non-hydrogen) atoms. The van der Waals surface area contributed by atoms with Crippen LogP contribution in [0.3, 0.4) is 0 Å². The summed E-state index contributed by atoms with van der Waals surface area (Å²) in [5, 5.41) is 6.69. The molecule has 0 aromatic heterocycles. The van der Waals surface area contributed by atoms with E-state index in [1.165, 1.54) is 0 Å². The zero-order chi connectivity index (χ0) is 17.5. The highest BCUT2D eigenvalue weighted by atomic mass is 127. The average molecular weight is 458 g/mol. The van der Waals surface area contributed by atoms with Crippen molar-refractivity contribution in [2.24, 2.45) is 4.99 Å². The first kappa shape index (κ1) is 26.1. The monoisotopic (exact) mass is 458 g/mol. The van der Waals surface area contributed by atoms with Crippen molar-refractivity contribution in [2.45, 2.75) is 53.1 Å². The molecule has 0 saturated carbocycles. The summed E-state index contributed by atoms with van der Waals surface area (Å²) >= 11 is 0. The second kappa shape index (κ2) is 17.7. The summed E-state index contributed by atoms with van der Waals surface area (Å²) in [6, 6.07) is 1.11. The van der Waals surface area contributed by atoms with Crippen molar-refractivity contribution in [2.75, 3.05) is 53.1 Å². The minimum Gasteiger partial charge on any atom is -0.382 e. The maximum Gasteiger partial charge on any atom is 0.191 e. The lowest BCUT2D eigenvalue weighted by molar-refractivity contribution is 0.0702. The number of hydrogen-bond acceptors (Lipinski definition) is 4. The lowest BCUT2D eigenvalue weighted by atomic mass is 10.2. The first-order chi connectivity index (χ1) is 11.0. The Morgan fingerprint density at radius 1 is 1.04 bits per heavy atom. The van der Waals surface area contributed by atoms with Crippen LogP contribution in [-0.4, -0.2) is 76.1 Å². The van der Waals surface area contributed by atoms with Crippen LogP contribution >= 0.6 is 24.0 Å². The predicted molar refractivity (Wildman–Crippen MR) is 114 cm³/mol. The van der Waals surface area contributed by atoms with Crippen molar-refractivity contribution in [1.82, 2.24) is 15.5 Å². The van der Waals surface area contributed by atoms with Crippen LogP contribution in [0.4, 0.5) is 0 Å². The van der Waals surface area contributed by atoms with E-state index >= 15 is 0 Å². The molecule has 0 radical (unpaired) electrons. The lowest BCUT2D eigenvalue weighted by Gasteiger charge is -2.30. The SMILES string of the molecule is CCNC(=NCCCOCCOC)NCCN(C(C)C)C(C)C.I. The van der Waals surface area contributed by atoms with E-state index < -0.39 is 0 Å². The molecule has 0 saturated heterocycles. The van der Waals surface area contributed by atoms with Gasteiger partial charge in [-0.2, -0.15) is 0 Å². The van der Waals surface area contributed by atoms with Crippen LogP contribution < -0.4 is 10.6 Å². The fraction of sp³-hybridized carbons (Fsp3) is 0.941. The highest BCUT2D eigenvalue weighted by Gasteiger charge is 2.12. The average Bonchev–Trinajstić information content (AvgIpc) is 2.49. The van der Waals surface area contributed by atoms with Gasteiger partial charge in [0.15, 0.2) is 5.96 Å². The summed E-state index contributed by atoms with van der Waals surface area (Å²) in [5.41, 5.74) is 0. The number of hydrogen-bond donors (Lipinski definition) is 2. The number of nitrogens with one attached hydrogen (secondary N) is 2. The van der Waals surface area contributed by atoms with Gasteiger partial charge in [0.1, 0.15) is 0 Å². The summed E-state index contributed by atoms with van der Waals surface area (Å²) in [7, 11) is 1.68. The molecule has 0 aliphatic heterocycles. The first-order valence-corrected chi connectivity index (χ1v) is 8.87. The van der Waals surface area contributed by atoms with E-state index in [-0.39, 0.29) is 24.0 Å². The highest BCUT2D eigenvalue weighted by molar-refractivity contribution is 14.0. The van der Waals surface area contributed by atoms with Gasteiger partial charge in [0.05, 0.1) is 13.2 Å². The van der Waals surface area contributed by atoms with Gasteiger partial charge in [-0.1, -0.05) is 0 Å². The maximum absolute atomic E-state index is 5.44. The van der Waals surface area contributed by atoms with E-state index in [4.69, 9.17) is 9.47 Å². The summed E-state index contributed by atoms with van der Waals surface area (Å²) in [6.45, 7) is 16.6. The summed E-state index contributed by atoms with van der Waals surface area (Å²) in [6.07, 6.45) is 0.921. The largest absolute Gasteiger partial charge is 0.382 e. The second-order valence-corrected chi connectivity index (χ2v) is 6.07. The van der Waals surface area contributed by atoms with Gasteiger partial charge in [-0.3, -0.25) is 9.89 Å². The van der Waals surface area contributed by atoms with E-state index in [1.54, 1.807) is 7.11 Å². The van der Waals surface area contributed by atoms with Crippen LogP contribution in [0.1, 0.15) is 41.0 Å². The topological polar surface area (TPSA) is 58.1 Å². The van der Waals surface area contributed by atoms with Crippen LogP contribution in [0.2, 0.25) is 0 Å². The molecular formula is C17H39IN4O2. The normalized spacial score (nSPS) is 12.0. The number of nitrogens with zero attached hydrogens (tertiary/aromatic N) is 2. The molecule has 0 aromatic rings. The molecule has 0 bridgehead atoms. The number of rotatable bonds is 13. The quantitative estimate of drug-likeness (QED) is 0.192. The first-order valence-electron chi connectivity index (χ1n) is 8.87. The Kier molecular flexibility index (Phi) is 19.3. The van der Waals surface area contributed by atoms with E-state index in [1.807, 2.05) is 0 Å². The summed E-state index contributed by atoms with van der Waals surface area (Å²) < 4.78 is 10.4. The van der Waals surface area contributed by atoms with E-state index in [0.717, 1.165) is 45.2 Å². The van der Waals surface area contributed by atoms with Gasteiger partial charge in [0, 0.05) is 52.0 Å². The molecule has 7 heteroatoms. The summed E-state index contributed by atoms with van der Waals surface area (Å²) in [4.78, 5) is 7.05. The third-order valence-corrected chi connectivity index (χ3v) is 3.48. The molecule has 0 atom stereocenters. The lowest BCUT2D eigenvalue weighted by Crippen LogP contribution is -2.45. The molecular weight excluding hydrogens is 419 g/mol. The van der Waals surface area contributed by atoms with Crippen molar-refractivity contribution >= 4 is 29.9 Å². The van der Waals surface area contributed by atoms with Crippen LogP contribution in [0.15, 0.2) is 4.99 Å². The van der Waals surface area contributed by atoms with Crippen LogP contribution in [0, 0.1) is 0 Å². The molecule has 2 N–H and O–H groups in total. The molecule has 6 nitrogen and oxygen atoms in total. The minimum absolute atomic E-state index is 0. The van der Waals surface area contributed by atoms with Crippen LogP contribution in [0.5, 0.6) is 0 Å². The third kappa shape index (κ3) is 14.2. The van der Waals surface area contributed by atoms with E-state index in [2.05, 4.69) is 55.1 Å². The van der Waals surface area contributed by atoms with E-state index in [0.29, 0.717) is 25.3 Å². The van der Waals surface area contributed by atoms with Crippen molar-refractivity contribution in [3.05, 3.63) is 0 Å². The molecule has 0 heterocycles. The Hall–Kier alpha value is -0.120. The Balaban J connectivity index is 0.